The van der Waals surface area contributed by atoms with Crippen LogP contribution in [0.1, 0.15) is 42.5 Å². The zero-order valence-electron chi connectivity index (χ0n) is 21.3. The number of furan rings is 1. The standard InChI is InChI=1S/C26H23BrF3N5O6/c27-19-14-17(8-9-20(19)41-26(28,29)30)31-24(36)16-7-6-15-12-22(40-21(15)13-16)23-32-34-35(33-23)10-11-38-25(37)39-18-4-2-1-3-5-18/h6-9,12-14,18H,1-5,10-11H2,(H,31,36). The van der Waals surface area contributed by atoms with Crippen LogP contribution < -0.4 is 10.1 Å². The number of tetrazole rings is 1. The highest BCUT2D eigenvalue weighted by Crippen LogP contribution is 2.33. The maximum absolute atomic E-state index is 12.8. The van der Waals surface area contributed by atoms with Crippen molar-refractivity contribution in [3.05, 3.63) is 52.5 Å². The highest BCUT2D eigenvalue weighted by molar-refractivity contribution is 9.10. The molecular weight excluding hydrogens is 615 g/mol. The van der Waals surface area contributed by atoms with E-state index in [2.05, 4.69) is 41.4 Å². The lowest BCUT2D eigenvalue weighted by Crippen LogP contribution is -2.22. The van der Waals surface area contributed by atoms with Gasteiger partial charge in [0.15, 0.2) is 5.76 Å². The Labute approximate surface area is 239 Å². The number of amides is 1. The third kappa shape index (κ3) is 7.54. The number of carbonyl (C=O) groups excluding carboxylic acids is 2. The minimum Gasteiger partial charge on any atom is -0.453 e. The van der Waals surface area contributed by atoms with E-state index in [0.29, 0.717) is 16.7 Å². The van der Waals surface area contributed by atoms with Gasteiger partial charge in [0.05, 0.1) is 11.0 Å². The highest BCUT2D eigenvalue weighted by Gasteiger charge is 2.32. The molecule has 15 heteroatoms. The van der Waals surface area contributed by atoms with Gasteiger partial charge in [-0.05, 0) is 83.2 Å². The van der Waals surface area contributed by atoms with Crippen molar-refractivity contribution in [3.8, 4) is 17.3 Å². The predicted octanol–water partition coefficient (Wildman–Crippen LogP) is 6.49. The van der Waals surface area contributed by atoms with Gasteiger partial charge < -0.3 is 23.9 Å². The number of halogens is 4. The summed E-state index contributed by atoms with van der Waals surface area (Å²) in [6.07, 6.45) is -0.714. The smallest absolute Gasteiger partial charge is 0.453 e. The Balaban J connectivity index is 1.18. The van der Waals surface area contributed by atoms with Crippen molar-refractivity contribution in [1.29, 1.82) is 0 Å². The topological polar surface area (TPSA) is 131 Å². The number of rotatable bonds is 8. The van der Waals surface area contributed by atoms with Gasteiger partial charge >= 0.3 is 12.5 Å². The van der Waals surface area contributed by atoms with Crippen LogP contribution in [-0.2, 0) is 16.0 Å². The second kappa shape index (κ2) is 12.2. The van der Waals surface area contributed by atoms with Gasteiger partial charge in [-0.3, -0.25) is 4.79 Å². The Morgan fingerprint density at radius 2 is 1.90 bits per heavy atom. The largest absolute Gasteiger partial charge is 0.573 e. The van der Waals surface area contributed by atoms with Crippen LogP contribution in [-0.4, -0.2) is 51.3 Å². The van der Waals surface area contributed by atoms with E-state index in [1.165, 1.54) is 23.0 Å². The number of nitrogens with zero attached hydrogens (tertiary/aromatic N) is 4. The lowest BCUT2D eigenvalue weighted by molar-refractivity contribution is -0.274. The van der Waals surface area contributed by atoms with E-state index in [1.54, 1.807) is 18.2 Å². The number of hydrogen-bond acceptors (Lipinski definition) is 9. The Morgan fingerprint density at radius 1 is 1.10 bits per heavy atom. The lowest BCUT2D eigenvalue weighted by atomic mass is 9.98. The van der Waals surface area contributed by atoms with Gasteiger partial charge in [-0.15, -0.1) is 23.4 Å². The maximum Gasteiger partial charge on any atom is 0.573 e. The van der Waals surface area contributed by atoms with Crippen molar-refractivity contribution in [3.63, 3.8) is 0 Å². The first kappa shape index (κ1) is 28.4. The molecule has 0 bridgehead atoms. The Bertz CT molecular complexity index is 1550. The number of ether oxygens (including phenoxy) is 3. The zero-order valence-corrected chi connectivity index (χ0v) is 22.9. The molecule has 4 aromatic rings. The van der Waals surface area contributed by atoms with Gasteiger partial charge in [0.2, 0.25) is 5.82 Å². The van der Waals surface area contributed by atoms with Crippen LogP contribution in [0.15, 0.2) is 51.4 Å². The summed E-state index contributed by atoms with van der Waals surface area (Å²) in [5.41, 5.74) is 0.885. The summed E-state index contributed by atoms with van der Waals surface area (Å²) in [7, 11) is 0. The quantitative estimate of drug-likeness (QED) is 0.215. The summed E-state index contributed by atoms with van der Waals surface area (Å²) in [5.74, 6) is -0.434. The van der Waals surface area contributed by atoms with E-state index in [1.807, 2.05) is 0 Å². The van der Waals surface area contributed by atoms with Crippen LogP contribution in [0.3, 0.4) is 0 Å². The lowest BCUT2D eigenvalue weighted by Gasteiger charge is -2.21. The monoisotopic (exact) mass is 637 g/mol. The van der Waals surface area contributed by atoms with Crippen molar-refractivity contribution >= 4 is 44.6 Å². The Hall–Kier alpha value is -4.14. The van der Waals surface area contributed by atoms with Crippen LogP contribution in [0, 0.1) is 0 Å². The molecule has 0 saturated heterocycles. The van der Waals surface area contributed by atoms with E-state index in [-0.39, 0.29) is 40.8 Å². The van der Waals surface area contributed by atoms with Crippen molar-refractivity contribution in [2.24, 2.45) is 0 Å². The molecule has 2 aromatic carbocycles. The number of hydrogen-bond donors (Lipinski definition) is 1. The summed E-state index contributed by atoms with van der Waals surface area (Å²) < 4.78 is 57.6. The molecule has 11 nitrogen and oxygen atoms in total. The highest BCUT2D eigenvalue weighted by atomic mass is 79.9. The third-order valence-corrected chi connectivity index (χ3v) is 6.82. The number of aromatic nitrogens is 4. The van der Waals surface area contributed by atoms with Gasteiger partial charge in [0, 0.05) is 16.6 Å². The average molecular weight is 638 g/mol. The molecular formula is C26H23BrF3N5O6. The van der Waals surface area contributed by atoms with Gasteiger partial charge in [-0.25, -0.2) is 4.79 Å². The molecule has 1 aliphatic carbocycles. The van der Waals surface area contributed by atoms with Crippen molar-refractivity contribution in [1.82, 2.24) is 20.2 Å². The second-order valence-electron chi connectivity index (χ2n) is 9.20. The molecule has 1 amide bonds. The SMILES string of the molecule is O=C(OCCn1nnc(-c2cc3ccc(C(=O)Nc4ccc(OC(F)(F)F)c(Br)c4)cc3o2)n1)OC1CCCCC1. The number of benzene rings is 2. The Morgan fingerprint density at radius 3 is 2.66 bits per heavy atom. The van der Waals surface area contributed by atoms with Crippen LogP contribution >= 0.6 is 15.9 Å². The summed E-state index contributed by atoms with van der Waals surface area (Å²) in [4.78, 5) is 25.9. The second-order valence-corrected chi connectivity index (χ2v) is 10.0. The van der Waals surface area contributed by atoms with Gasteiger partial charge in [0.1, 0.15) is 24.0 Å². The maximum atomic E-state index is 12.8. The molecule has 41 heavy (non-hydrogen) atoms. The molecule has 0 aliphatic heterocycles. The first-order valence-electron chi connectivity index (χ1n) is 12.6. The molecule has 1 fully saturated rings. The summed E-state index contributed by atoms with van der Waals surface area (Å²) in [6.45, 7) is 0.172. The number of alkyl halides is 3. The summed E-state index contributed by atoms with van der Waals surface area (Å²) in [6, 6.07) is 10.1. The minimum atomic E-state index is -4.84. The molecule has 2 aromatic heterocycles. The van der Waals surface area contributed by atoms with Crippen molar-refractivity contribution in [2.45, 2.75) is 51.1 Å². The molecule has 0 spiro atoms. The van der Waals surface area contributed by atoms with Crippen molar-refractivity contribution < 1.29 is 41.4 Å². The first-order chi connectivity index (χ1) is 19.6. The minimum absolute atomic E-state index is 0.00854. The first-order valence-corrected chi connectivity index (χ1v) is 13.4. The van der Waals surface area contributed by atoms with Crippen molar-refractivity contribution in [2.75, 3.05) is 11.9 Å². The molecule has 1 saturated carbocycles. The molecule has 0 atom stereocenters. The fourth-order valence-corrected chi connectivity index (χ4v) is 4.73. The number of fused-ring (bicyclic) bond motifs is 1. The van der Waals surface area contributed by atoms with E-state index in [9.17, 15) is 22.8 Å². The van der Waals surface area contributed by atoms with Gasteiger partial charge in [0.25, 0.3) is 5.91 Å². The molecule has 0 radical (unpaired) electrons. The molecule has 1 aliphatic rings. The average Bonchev–Trinajstić information content (AvgIpc) is 3.57. The van der Waals surface area contributed by atoms with E-state index in [4.69, 9.17) is 13.9 Å². The van der Waals surface area contributed by atoms with Crippen LogP contribution in [0.25, 0.3) is 22.6 Å². The summed E-state index contributed by atoms with van der Waals surface area (Å²) in [5, 5.41) is 15.5. The fraction of sp³-hybridized carbons (Fsp3) is 0.346. The predicted molar refractivity (Wildman–Crippen MR) is 141 cm³/mol. The molecule has 216 valence electrons. The molecule has 1 N–H and O–H groups in total. The normalized spacial score (nSPS) is 14.1. The summed E-state index contributed by atoms with van der Waals surface area (Å²) >= 11 is 3.01. The number of anilines is 1. The molecule has 0 unspecified atom stereocenters. The Kier molecular flexibility index (Phi) is 8.42. The van der Waals surface area contributed by atoms with Gasteiger partial charge in [-0.2, -0.15) is 4.80 Å². The van der Waals surface area contributed by atoms with Crippen LogP contribution in [0.5, 0.6) is 5.75 Å². The number of carbonyl (C=O) groups is 2. The van der Waals surface area contributed by atoms with E-state index in [0.717, 1.165) is 38.2 Å². The van der Waals surface area contributed by atoms with Crippen LogP contribution in [0.2, 0.25) is 0 Å². The van der Waals surface area contributed by atoms with Crippen LogP contribution in [0.4, 0.5) is 23.7 Å². The fourth-order valence-electron chi connectivity index (χ4n) is 4.27. The zero-order chi connectivity index (χ0) is 29.0. The van der Waals surface area contributed by atoms with E-state index < -0.39 is 24.2 Å². The van der Waals surface area contributed by atoms with Gasteiger partial charge in [-0.1, -0.05) is 12.5 Å². The number of nitrogens with one attached hydrogen (secondary N) is 1. The molecule has 5 rings (SSSR count). The third-order valence-electron chi connectivity index (χ3n) is 6.20. The van der Waals surface area contributed by atoms with E-state index >= 15 is 0 Å². The molecule has 2 heterocycles.